The van der Waals surface area contributed by atoms with Gasteiger partial charge in [0.15, 0.2) is 0 Å². The summed E-state index contributed by atoms with van der Waals surface area (Å²) in [4.78, 5) is 12.3. The Kier molecular flexibility index (Phi) is 7.84. The van der Waals surface area contributed by atoms with E-state index in [0.717, 1.165) is 17.6 Å². The van der Waals surface area contributed by atoms with Crippen LogP contribution in [-0.4, -0.2) is 40.3 Å². The second-order valence-electron chi connectivity index (χ2n) is 6.93. The number of benzene rings is 2. The molecule has 0 saturated carbocycles. The molecule has 0 saturated heterocycles. The molecule has 2 aromatic rings. The first-order chi connectivity index (χ1) is 13.7. The van der Waals surface area contributed by atoms with Crippen LogP contribution in [0.15, 0.2) is 61.2 Å². The molecule has 1 amide bonds. The lowest BCUT2D eigenvalue weighted by atomic mass is 10.0. The van der Waals surface area contributed by atoms with Crippen molar-refractivity contribution in [3.8, 4) is 5.75 Å². The second-order valence-corrected chi connectivity index (χ2v) is 8.83. The maximum absolute atomic E-state index is 12.3. The number of amides is 1. The highest BCUT2D eigenvalue weighted by Gasteiger charge is 2.16. The Morgan fingerprint density at radius 1 is 1.17 bits per heavy atom. The monoisotopic (exact) mass is 416 g/mol. The topological polar surface area (TPSA) is 75.7 Å². The zero-order valence-corrected chi connectivity index (χ0v) is 17.9. The lowest BCUT2D eigenvalue weighted by molar-refractivity contribution is 0.0947. The molecule has 7 heteroatoms. The molecule has 2 rings (SSSR count). The van der Waals surface area contributed by atoms with Crippen LogP contribution in [-0.2, 0) is 10.0 Å². The van der Waals surface area contributed by atoms with Gasteiger partial charge in [0.2, 0.25) is 10.0 Å². The molecule has 2 aromatic carbocycles. The molecular weight excluding hydrogens is 388 g/mol. The zero-order valence-electron chi connectivity index (χ0n) is 17.1. The number of rotatable bonds is 10. The van der Waals surface area contributed by atoms with Gasteiger partial charge < -0.3 is 10.1 Å². The van der Waals surface area contributed by atoms with E-state index in [-0.39, 0.29) is 12.5 Å². The van der Waals surface area contributed by atoms with Gasteiger partial charge >= 0.3 is 0 Å². The van der Waals surface area contributed by atoms with Crippen molar-refractivity contribution in [3.63, 3.8) is 0 Å². The summed E-state index contributed by atoms with van der Waals surface area (Å²) in [5, 5.41) is 2.81. The number of sulfonamides is 1. The average molecular weight is 417 g/mol. The quantitative estimate of drug-likeness (QED) is 0.475. The fraction of sp³-hybridized carbons (Fsp3) is 0.318. The van der Waals surface area contributed by atoms with Gasteiger partial charge in [-0.05, 0) is 41.8 Å². The Labute approximate surface area is 173 Å². The van der Waals surface area contributed by atoms with E-state index in [1.807, 2.05) is 24.3 Å². The molecule has 1 N–H and O–H groups in total. The summed E-state index contributed by atoms with van der Waals surface area (Å²) in [5.41, 5.74) is 2.06. The number of hydrogen-bond acceptors (Lipinski definition) is 4. The van der Waals surface area contributed by atoms with E-state index in [4.69, 9.17) is 4.74 Å². The van der Waals surface area contributed by atoms with Gasteiger partial charge in [-0.25, -0.2) is 8.42 Å². The Morgan fingerprint density at radius 2 is 1.83 bits per heavy atom. The van der Waals surface area contributed by atoms with Crippen molar-refractivity contribution in [2.45, 2.75) is 19.8 Å². The number of para-hydroxylation sites is 1. The van der Waals surface area contributed by atoms with E-state index in [0.29, 0.717) is 30.3 Å². The highest BCUT2D eigenvalue weighted by molar-refractivity contribution is 7.92. The lowest BCUT2D eigenvalue weighted by Gasteiger charge is -2.20. The molecule has 0 fully saturated rings. The molecule has 0 heterocycles. The maximum atomic E-state index is 12.3. The summed E-state index contributed by atoms with van der Waals surface area (Å²) >= 11 is 0. The standard InChI is InChI=1S/C22H28N2O4S/c1-5-15-24(29(4,26)27)19-12-10-18(11-13-19)22(25)23-14-16-28-21-9-7-6-8-20(21)17(2)3/h5-13,17H,1,14-16H2,2-4H3,(H,23,25). The van der Waals surface area contributed by atoms with Crippen LogP contribution < -0.4 is 14.4 Å². The number of nitrogens with zero attached hydrogens (tertiary/aromatic N) is 1. The van der Waals surface area contributed by atoms with Gasteiger partial charge in [-0.3, -0.25) is 9.10 Å². The Hall–Kier alpha value is -2.80. The second kappa shape index (κ2) is 10.1. The van der Waals surface area contributed by atoms with Gasteiger partial charge in [-0.15, -0.1) is 6.58 Å². The smallest absolute Gasteiger partial charge is 0.251 e. The van der Waals surface area contributed by atoms with Gasteiger partial charge in [0, 0.05) is 5.56 Å². The molecule has 0 aromatic heterocycles. The molecule has 0 aliphatic rings. The zero-order chi connectivity index (χ0) is 21.4. The molecule has 0 unspecified atom stereocenters. The molecule has 0 bridgehead atoms. The van der Waals surface area contributed by atoms with Crippen molar-refractivity contribution >= 4 is 21.6 Å². The molecule has 6 nitrogen and oxygen atoms in total. The number of nitrogens with one attached hydrogen (secondary N) is 1. The number of ether oxygens (including phenoxy) is 1. The summed E-state index contributed by atoms with van der Waals surface area (Å²) < 4.78 is 30.8. The van der Waals surface area contributed by atoms with Crippen LogP contribution in [0, 0.1) is 0 Å². The third-order valence-electron chi connectivity index (χ3n) is 4.30. The van der Waals surface area contributed by atoms with Crippen LogP contribution in [0.5, 0.6) is 5.75 Å². The fourth-order valence-electron chi connectivity index (χ4n) is 2.85. The minimum Gasteiger partial charge on any atom is -0.491 e. The van der Waals surface area contributed by atoms with Crippen LogP contribution in [0.25, 0.3) is 0 Å². The maximum Gasteiger partial charge on any atom is 0.251 e. The van der Waals surface area contributed by atoms with Crippen LogP contribution in [0.2, 0.25) is 0 Å². The van der Waals surface area contributed by atoms with E-state index in [9.17, 15) is 13.2 Å². The molecule has 0 radical (unpaired) electrons. The van der Waals surface area contributed by atoms with Gasteiger partial charge in [-0.1, -0.05) is 38.1 Å². The highest BCUT2D eigenvalue weighted by Crippen LogP contribution is 2.25. The largest absolute Gasteiger partial charge is 0.491 e. The average Bonchev–Trinajstić information content (AvgIpc) is 2.68. The minimum absolute atomic E-state index is 0.166. The summed E-state index contributed by atoms with van der Waals surface area (Å²) in [7, 11) is -3.42. The molecular formula is C22H28N2O4S. The fourth-order valence-corrected chi connectivity index (χ4v) is 3.73. The van der Waals surface area contributed by atoms with Gasteiger partial charge in [0.1, 0.15) is 12.4 Å². The first kappa shape index (κ1) is 22.5. The lowest BCUT2D eigenvalue weighted by Crippen LogP contribution is -2.30. The van der Waals surface area contributed by atoms with Gasteiger partial charge in [0.25, 0.3) is 5.91 Å². The van der Waals surface area contributed by atoms with E-state index in [1.54, 1.807) is 24.3 Å². The van der Waals surface area contributed by atoms with Gasteiger partial charge in [0.05, 0.1) is 25.0 Å². The van der Waals surface area contributed by atoms with Crippen molar-refractivity contribution < 1.29 is 17.9 Å². The third-order valence-corrected chi connectivity index (χ3v) is 5.46. The molecule has 0 spiro atoms. The number of hydrogen-bond donors (Lipinski definition) is 1. The van der Waals surface area contributed by atoms with Crippen molar-refractivity contribution in [1.82, 2.24) is 5.32 Å². The highest BCUT2D eigenvalue weighted by atomic mass is 32.2. The Bertz CT molecular complexity index is 938. The summed E-state index contributed by atoms with van der Waals surface area (Å²) in [6.07, 6.45) is 2.65. The molecule has 0 atom stereocenters. The SMILES string of the molecule is C=CCN(c1ccc(C(=O)NCCOc2ccccc2C(C)C)cc1)S(C)(=O)=O. The van der Waals surface area contributed by atoms with Crippen LogP contribution in [0.4, 0.5) is 5.69 Å². The van der Waals surface area contributed by atoms with Crippen LogP contribution in [0.1, 0.15) is 35.7 Å². The van der Waals surface area contributed by atoms with Crippen molar-refractivity contribution in [1.29, 1.82) is 0 Å². The minimum atomic E-state index is -3.42. The summed E-state index contributed by atoms with van der Waals surface area (Å²) in [5.74, 6) is 0.933. The van der Waals surface area contributed by atoms with E-state index < -0.39 is 10.0 Å². The van der Waals surface area contributed by atoms with Crippen LogP contribution >= 0.6 is 0 Å². The predicted octanol–water partition coefficient (Wildman–Crippen LogP) is 3.57. The number of carbonyl (C=O) groups excluding carboxylic acids is 1. The summed E-state index contributed by atoms with van der Waals surface area (Å²) in [6.45, 7) is 8.67. The normalized spacial score (nSPS) is 11.2. The first-order valence-electron chi connectivity index (χ1n) is 9.42. The first-order valence-corrected chi connectivity index (χ1v) is 11.3. The third kappa shape index (κ3) is 6.35. The Morgan fingerprint density at radius 3 is 2.41 bits per heavy atom. The molecule has 0 aliphatic carbocycles. The van der Waals surface area contributed by atoms with E-state index in [1.165, 1.54) is 10.4 Å². The van der Waals surface area contributed by atoms with Crippen LogP contribution in [0.3, 0.4) is 0 Å². The van der Waals surface area contributed by atoms with Gasteiger partial charge in [-0.2, -0.15) is 0 Å². The molecule has 0 aliphatic heterocycles. The van der Waals surface area contributed by atoms with Crippen molar-refractivity contribution in [2.75, 3.05) is 30.3 Å². The van der Waals surface area contributed by atoms with Crippen molar-refractivity contribution in [3.05, 3.63) is 72.3 Å². The molecule has 29 heavy (non-hydrogen) atoms. The van der Waals surface area contributed by atoms with Crippen molar-refractivity contribution in [2.24, 2.45) is 0 Å². The van der Waals surface area contributed by atoms with E-state index >= 15 is 0 Å². The van der Waals surface area contributed by atoms with E-state index in [2.05, 4.69) is 25.7 Å². The Balaban J connectivity index is 1.92. The number of anilines is 1. The predicted molar refractivity (Wildman–Crippen MR) is 117 cm³/mol. The number of carbonyl (C=O) groups is 1. The molecule has 156 valence electrons. The summed E-state index contributed by atoms with van der Waals surface area (Å²) in [6, 6.07) is 14.3.